The van der Waals surface area contributed by atoms with Crippen LogP contribution in [0.1, 0.15) is 348 Å². The molecule has 504 valence electrons. The third-order valence-corrected chi connectivity index (χ3v) is 16.9. The molecule has 0 spiro atoms. The summed E-state index contributed by atoms with van der Waals surface area (Å²) in [6.45, 7) is 3.68. The molecule has 0 saturated heterocycles. The lowest BCUT2D eigenvalue weighted by Crippen LogP contribution is -2.29. The summed E-state index contributed by atoms with van der Waals surface area (Å²) >= 11 is 0. The molecule has 0 aliphatic heterocycles. The number of nitrogens with two attached hydrogens (primary N) is 1. The molecular formula is C77H138NO8P. The highest BCUT2D eigenvalue weighted by molar-refractivity contribution is 7.47. The molecule has 0 aromatic rings. The normalized spacial score (nSPS) is 13.5. The van der Waals surface area contributed by atoms with Crippen molar-refractivity contribution in [2.45, 2.75) is 354 Å². The third kappa shape index (κ3) is 71.9. The fourth-order valence-corrected chi connectivity index (χ4v) is 11.3. The lowest BCUT2D eigenvalue weighted by atomic mass is 10.0. The minimum Gasteiger partial charge on any atom is -0.462 e. The maximum atomic E-state index is 12.8. The van der Waals surface area contributed by atoms with Crippen LogP contribution in [0, 0.1) is 0 Å². The van der Waals surface area contributed by atoms with Crippen LogP contribution in [-0.2, 0) is 32.7 Å². The van der Waals surface area contributed by atoms with Crippen LogP contribution < -0.4 is 5.73 Å². The number of esters is 2. The zero-order valence-electron chi connectivity index (χ0n) is 56.7. The van der Waals surface area contributed by atoms with E-state index in [2.05, 4.69) is 111 Å². The van der Waals surface area contributed by atoms with Gasteiger partial charge >= 0.3 is 19.8 Å². The third-order valence-electron chi connectivity index (χ3n) is 16.0. The smallest absolute Gasteiger partial charge is 0.462 e. The molecule has 87 heavy (non-hydrogen) atoms. The van der Waals surface area contributed by atoms with E-state index < -0.39 is 26.5 Å². The average molecular weight is 1240 g/mol. The maximum absolute atomic E-state index is 12.8. The second-order valence-electron chi connectivity index (χ2n) is 24.4. The van der Waals surface area contributed by atoms with Crippen LogP contribution in [0.3, 0.4) is 0 Å². The molecule has 0 amide bonds. The van der Waals surface area contributed by atoms with Gasteiger partial charge in [-0.05, 0) is 96.3 Å². The summed E-state index contributed by atoms with van der Waals surface area (Å²) in [6, 6.07) is 0. The molecule has 0 heterocycles. The first-order chi connectivity index (χ1) is 42.8. The van der Waals surface area contributed by atoms with Crippen molar-refractivity contribution in [2.75, 3.05) is 26.4 Å². The van der Waals surface area contributed by atoms with Crippen LogP contribution in [0.25, 0.3) is 0 Å². The molecule has 0 rings (SSSR count). The van der Waals surface area contributed by atoms with Gasteiger partial charge in [-0.3, -0.25) is 18.6 Å². The van der Waals surface area contributed by atoms with Crippen LogP contribution in [0.4, 0.5) is 0 Å². The molecule has 0 aromatic carbocycles. The van der Waals surface area contributed by atoms with Crippen molar-refractivity contribution in [1.82, 2.24) is 0 Å². The lowest BCUT2D eigenvalue weighted by molar-refractivity contribution is -0.161. The maximum Gasteiger partial charge on any atom is 0.472 e. The quantitative estimate of drug-likeness (QED) is 0.0264. The van der Waals surface area contributed by atoms with Crippen LogP contribution in [-0.4, -0.2) is 49.3 Å². The Morgan fingerprint density at radius 1 is 0.356 bits per heavy atom. The molecule has 0 aromatic heterocycles. The summed E-state index contributed by atoms with van der Waals surface area (Å²) in [7, 11) is -4.40. The Morgan fingerprint density at radius 2 is 0.632 bits per heavy atom. The van der Waals surface area contributed by atoms with E-state index in [-0.39, 0.29) is 38.6 Å². The minimum atomic E-state index is -4.40. The first-order valence-electron chi connectivity index (χ1n) is 36.7. The standard InChI is InChI=1S/C77H138NO8P/c1-3-5-7-9-11-13-15-17-19-21-23-25-27-29-31-32-33-34-35-36-37-38-39-40-41-42-44-46-48-50-52-54-56-58-60-62-64-66-68-70-77(80)86-75(74-85-87(81,82)84-72-71-78)73-83-76(79)69-67-65-63-61-59-57-55-53-51-49-47-45-43-30-28-26-24-22-20-18-16-14-12-10-8-6-4-2/h5,7,11,13,17,19,22-25,29,31,33-34,36-37,75H,3-4,6,8-10,12,14-16,18,20-21,26-28,30,32,35,38-74,78H2,1-2H3,(H,81,82)/b7-5-,13-11-,19-17-,24-22-,25-23-,31-29-,34-33-,37-36-. The number of ether oxygens (including phenoxy) is 2. The SMILES string of the molecule is CC/C=C\C/C=C\C/C=C\C/C=C\C/C=C\C/C=C\C/C=C\CCCCCCCCCCCCCCCCCCCC(=O)OC(COC(=O)CCCCCCCCCCCCCCCCC/C=C\CCCCCCCCCC)COP(=O)(O)OCCN. The molecule has 2 atom stereocenters. The topological polar surface area (TPSA) is 134 Å². The number of allylic oxidation sites excluding steroid dienone is 16. The van der Waals surface area contributed by atoms with Crippen LogP contribution >= 0.6 is 7.82 Å². The highest BCUT2D eigenvalue weighted by Crippen LogP contribution is 2.43. The van der Waals surface area contributed by atoms with Gasteiger partial charge in [-0.2, -0.15) is 0 Å². The molecule has 0 bridgehead atoms. The van der Waals surface area contributed by atoms with E-state index in [9.17, 15) is 19.0 Å². The Morgan fingerprint density at radius 3 is 0.954 bits per heavy atom. The zero-order valence-corrected chi connectivity index (χ0v) is 57.6. The highest BCUT2D eigenvalue weighted by atomic mass is 31.2. The van der Waals surface area contributed by atoms with Gasteiger partial charge < -0.3 is 20.1 Å². The van der Waals surface area contributed by atoms with Crippen molar-refractivity contribution < 1.29 is 37.6 Å². The second kappa shape index (κ2) is 72.0. The molecule has 3 N–H and O–H groups in total. The molecule has 9 nitrogen and oxygen atoms in total. The fraction of sp³-hybridized carbons (Fsp3) is 0.766. The number of unbranched alkanes of at least 4 members (excludes halogenated alkanes) is 40. The number of carbonyl (C=O) groups is 2. The Bertz CT molecular complexity index is 1750. The van der Waals surface area contributed by atoms with Gasteiger partial charge in [-0.25, -0.2) is 4.57 Å². The number of hydrogen-bond donors (Lipinski definition) is 2. The molecule has 2 unspecified atom stereocenters. The summed E-state index contributed by atoms with van der Waals surface area (Å²) in [6.07, 6.45) is 98.0. The van der Waals surface area contributed by atoms with Crippen molar-refractivity contribution >= 4 is 19.8 Å². The van der Waals surface area contributed by atoms with Gasteiger partial charge in [0.25, 0.3) is 0 Å². The largest absolute Gasteiger partial charge is 0.472 e. The zero-order chi connectivity index (χ0) is 63.0. The predicted molar refractivity (Wildman–Crippen MR) is 376 cm³/mol. The van der Waals surface area contributed by atoms with Crippen molar-refractivity contribution in [3.8, 4) is 0 Å². The number of hydrogen-bond acceptors (Lipinski definition) is 8. The van der Waals surface area contributed by atoms with Gasteiger partial charge in [0.1, 0.15) is 6.61 Å². The van der Waals surface area contributed by atoms with Gasteiger partial charge in [-0.1, -0.05) is 336 Å². The summed E-state index contributed by atoms with van der Waals surface area (Å²) in [5.41, 5.74) is 5.41. The Kier molecular flexibility index (Phi) is 69.5. The number of phosphoric acid groups is 1. The molecule has 0 aliphatic carbocycles. The molecule has 0 radical (unpaired) electrons. The summed E-state index contributed by atoms with van der Waals surface area (Å²) in [5.74, 6) is -0.814. The van der Waals surface area contributed by atoms with Crippen molar-refractivity contribution in [2.24, 2.45) is 5.73 Å². The Balaban J connectivity index is 3.84. The molecule has 10 heteroatoms. The second-order valence-corrected chi connectivity index (χ2v) is 25.9. The van der Waals surface area contributed by atoms with Gasteiger partial charge in [0, 0.05) is 19.4 Å². The predicted octanol–water partition coefficient (Wildman–Crippen LogP) is 24.3. The van der Waals surface area contributed by atoms with Crippen molar-refractivity contribution in [1.29, 1.82) is 0 Å². The Labute approximate surface area is 537 Å². The molecular weight excluding hydrogens is 1100 g/mol. The van der Waals surface area contributed by atoms with E-state index in [1.54, 1.807) is 0 Å². The number of phosphoric ester groups is 1. The van der Waals surface area contributed by atoms with Crippen LogP contribution in [0.15, 0.2) is 97.2 Å². The lowest BCUT2D eigenvalue weighted by Gasteiger charge is -2.19. The van der Waals surface area contributed by atoms with E-state index in [1.807, 2.05) is 0 Å². The first-order valence-corrected chi connectivity index (χ1v) is 38.2. The van der Waals surface area contributed by atoms with Gasteiger partial charge in [0.05, 0.1) is 13.2 Å². The van der Waals surface area contributed by atoms with Crippen LogP contribution in [0.5, 0.6) is 0 Å². The molecule has 0 saturated carbocycles. The fourth-order valence-electron chi connectivity index (χ4n) is 10.6. The summed E-state index contributed by atoms with van der Waals surface area (Å²) in [5, 5.41) is 0. The molecule has 0 fully saturated rings. The average Bonchev–Trinajstić information content (AvgIpc) is 3.64. The van der Waals surface area contributed by atoms with E-state index in [0.717, 1.165) is 83.5 Å². The van der Waals surface area contributed by atoms with E-state index in [1.165, 1.54) is 231 Å². The van der Waals surface area contributed by atoms with E-state index in [0.29, 0.717) is 6.42 Å². The number of rotatable bonds is 69. The summed E-state index contributed by atoms with van der Waals surface area (Å²) < 4.78 is 33.2. The van der Waals surface area contributed by atoms with E-state index >= 15 is 0 Å². The number of carbonyl (C=O) groups excluding carboxylic acids is 2. The first kappa shape index (κ1) is 83.9. The minimum absolute atomic E-state index is 0.0526. The van der Waals surface area contributed by atoms with Gasteiger partial charge in [0.15, 0.2) is 6.10 Å². The van der Waals surface area contributed by atoms with E-state index in [4.69, 9.17) is 24.3 Å². The summed E-state index contributed by atoms with van der Waals surface area (Å²) in [4.78, 5) is 35.4. The van der Waals surface area contributed by atoms with Gasteiger partial charge in [0.2, 0.25) is 0 Å². The van der Waals surface area contributed by atoms with Crippen molar-refractivity contribution in [3.63, 3.8) is 0 Å². The van der Waals surface area contributed by atoms with Crippen LogP contribution in [0.2, 0.25) is 0 Å². The van der Waals surface area contributed by atoms with Crippen molar-refractivity contribution in [3.05, 3.63) is 97.2 Å². The monoisotopic (exact) mass is 1240 g/mol. The Hall–Kier alpha value is -3.07. The molecule has 0 aliphatic rings. The van der Waals surface area contributed by atoms with Gasteiger partial charge in [-0.15, -0.1) is 0 Å². The highest BCUT2D eigenvalue weighted by Gasteiger charge is 2.26.